The minimum absolute atomic E-state index is 0.00167. The topological polar surface area (TPSA) is 93.2 Å². The van der Waals surface area contributed by atoms with Gasteiger partial charge in [0, 0.05) is 17.8 Å². The Balaban J connectivity index is 1.42. The van der Waals surface area contributed by atoms with Gasteiger partial charge in [0.05, 0.1) is 11.3 Å². The van der Waals surface area contributed by atoms with Crippen molar-refractivity contribution < 1.29 is 9.53 Å². The molecule has 0 bridgehead atoms. The number of carbonyl (C=O) groups is 1. The molecular formula is C25H27N5O2. The normalized spacial score (nSPS) is 37.0. The van der Waals surface area contributed by atoms with Gasteiger partial charge in [-0.05, 0) is 83.6 Å². The van der Waals surface area contributed by atoms with E-state index in [9.17, 15) is 10.1 Å². The van der Waals surface area contributed by atoms with Gasteiger partial charge in [0.1, 0.15) is 12.2 Å². The fourth-order valence-electron chi connectivity index (χ4n) is 7.50. The second-order valence-corrected chi connectivity index (χ2v) is 10.6. The molecule has 32 heavy (non-hydrogen) atoms. The smallest absolute Gasteiger partial charge is 0.302 e. The maximum absolute atomic E-state index is 11.7. The van der Waals surface area contributed by atoms with Gasteiger partial charge in [0.25, 0.3) is 0 Å². The minimum atomic E-state index is -0.165. The fourth-order valence-corrected chi connectivity index (χ4v) is 7.50. The van der Waals surface area contributed by atoms with Crippen molar-refractivity contribution in [1.29, 1.82) is 5.26 Å². The molecule has 4 aliphatic rings. The highest BCUT2D eigenvalue weighted by molar-refractivity contribution is 5.68. The molecule has 2 saturated carbocycles. The summed E-state index contributed by atoms with van der Waals surface area (Å²) < 4.78 is 7.48. The standard InChI is InChI=1S/C25H27N5O2/c1-14(31)32-22-7-6-19-18-5-4-17-11-21-15(10-16(13-26)23-27-28-29-30(21)23)12-25(17,3)20(18)8-9-24(19,22)2/h4-5,10-11,18-20,22H,6-9,12H2,1-3H3/t18-,19-,20-,22-,24-,25-/m0/s1. The van der Waals surface area contributed by atoms with Crippen LogP contribution in [-0.2, 0) is 16.0 Å². The second-order valence-electron chi connectivity index (χ2n) is 10.6. The predicted molar refractivity (Wildman–Crippen MR) is 117 cm³/mol. The number of allylic oxidation sites excluding steroid dienone is 3. The molecule has 164 valence electrons. The summed E-state index contributed by atoms with van der Waals surface area (Å²) in [5.41, 5.74) is 4.53. The van der Waals surface area contributed by atoms with Crippen LogP contribution in [0.3, 0.4) is 0 Å². The van der Waals surface area contributed by atoms with E-state index in [1.807, 2.05) is 6.07 Å². The molecule has 7 heteroatoms. The summed E-state index contributed by atoms with van der Waals surface area (Å²) in [6.45, 7) is 6.25. The van der Waals surface area contributed by atoms with Gasteiger partial charge in [-0.15, -0.1) is 5.10 Å². The highest BCUT2D eigenvalue weighted by Crippen LogP contribution is 2.64. The molecular weight excluding hydrogens is 402 g/mol. The Labute approximate surface area is 187 Å². The van der Waals surface area contributed by atoms with E-state index in [0.29, 0.717) is 29.0 Å². The molecule has 6 rings (SSSR count). The lowest BCUT2D eigenvalue weighted by Gasteiger charge is -2.55. The van der Waals surface area contributed by atoms with Gasteiger partial charge in [-0.2, -0.15) is 9.78 Å². The largest absolute Gasteiger partial charge is 0.462 e. The number of esters is 1. The average Bonchev–Trinajstić information content (AvgIpc) is 3.36. The number of nitriles is 1. The first kappa shape index (κ1) is 19.7. The SMILES string of the molecule is CC(=O)O[C@H]1CC[C@H]2[C@@H]3C=CC4=Cc5c(cc(C#N)c6nnnn56)C[C@]4(C)[C@H]3CC[C@]12C. The molecule has 0 aliphatic heterocycles. The number of nitrogens with zero attached hydrogens (tertiary/aromatic N) is 5. The van der Waals surface area contributed by atoms with Gasteiger partial charge in [-0.25, -0.2) is 0 Å². The fraction of sp³-hybridized carbons (Fsp3) is 0.560. The summed E-state index contributed by atoms with van der Waals surface area (Å²) in [6.07, 6.45) is 12.1. The van der Waals surface area contributed by atoms with Crippen molar-refractivity contribution in [2.75, 3.05) is 0 Å². The van der Waals surface area contributed by atoms with Crippen LogP contribution >= 0.6 is 0 Å². The van der Waals surface area contributed by atoms with Crippen molar-refractivity contribution in [1.82, 2.24) is 20.0 Å². The number of tetrazole rings is 1. The van der Waals surface area contributed by atoms with Crippen LogP contribution in [0.5, 0.6) is 0 Å². The van der Waals surface area contributed by atoms with Gasteiger partial charge in [0.2, 0.25) is 0 Å². The number of aromatic nitrogens is 4. The Morgan fingerprint density at radius 3 is 2.91 bits per heavy atom. The molecule has 0 saturated heterocycles. The zero-order valence-corrected chi connectivity index (χ0v) is 18.7. The van der Waals surface area contributed by atoms with E-state index in [1.165, 1.54) is 12.5 Å². The van der Waals surface area contributed by atoms with E-state index in [4.69, 9.17) is 4.74 Å². The number of carbonyl (C=O) groups excluding carboxylic acids is 1. The number of ether oxygens (including phenoxy) is 1. The second kappa shape index (κ2) is 6.50. The van der Waals surface area contributed by atoms with Crippen LogP contribution in [0.4, 0.5) is 0 Å². The van der Waals surface area contributed by atoms with Crippen LogP contribution < -0.4 is 0 Å². The monoisotopic (exact) mass is 429 g/mol. The van der Waals surface area contributed by atoms with Crippen molar-refractivity contribution >= 4 is 17.7 Å². The molecule has 0 amide bonds. The Hall–Kier alpha value is -3.01. The van der Waals surface area contributed by atoms with Crippen molar-refractivity contribution in [3.63, 3.8) is 0 Å². The molecule has 0 N–H and O–H groups in total. The lowest BCUT2D eigenvalue weighted by atomic mass is 9.49. The third kappa shape index (κ3) is 2.47. The Bertz CT molecular complexity index is 1250. The average molecular weight is 430 g/mol. The molecule has 0 aromatic carbocycles. The van der Waals surface area contributed by atoms with Gasteiger partial charge in [-0.3, -0.25) is 4.79 Å². The van der Waals surface area contributed by atoms with Gasteiger partial charge < -0.3 is 4.74 Å². The molecule has 2 aromatic heterocycles. The zero-order chi connectivity index (χ0) is 22.3. The third-order valence-corrected chi connectivity index (χ3v) is 9.09. The van der Waals surface area contributed by atoms with Gasteiger partial charge in [-0.1, -0.05) is 26.0 Å². The predicted octanol–water partition coefficient (Wildman–Crippen LogP) is 3.89. The maximum Gasteiger partial charge on any atom is 0.302 e. The number of pyridine rings is 1. The van der Waals surface area contributed by atoms with E-state index in [1.54, 1.807) is 4.52 Å². The Morgan fingerprint density at radius 1 is 1.28 bits per heavy atom. The van der Waals surface area contributed by atoms with Crippen LogP contribution in [0.1, 0.15) is 63.3 Å². The summed E-state index contributed by atoms with van der Waals surface area (Å²) in [5.74, 6) is 1.36. The van der Waals surface area contributed by atoms with Gasteiger partial charge >= 0.3 is 5.97 Å². The van der Waals surface area contributed by atoms with Crippen LogP contribution in [0, 0.1) is 39.9 Å². The summed E-state index contributed by atoms with van der Waals surface area (Å²) in [7, 11) is 0. The molecule has 0 spiro atoms. The molecule has 7 nitrogen and oxygen atoms in total. The van der Waals surface area contributed by atoms with Crippen molar-refractivity contribution in [3.8, 4) is 6.07 Å². The number of fused-ring (bicyclic) bond motifs is 8. The molecule has 0 radical (unpaired) electrons. The molecule has 6 atom stereocenters. The van der Waals surface area contributed by atoms with Crippen molar-refractivity contribution in [2.24, 2.45) is 28.6 Å². The van der Waals surface area contributed by atoms with E-state index in [2.05, 4.69) is 53.7 Å². The van der Waals surface area contributed by atoms with E-state index >= 15 is 0 Å². The van der Waals surface area contributed by atoms with Crippen LogP contribution in [0.25, 0.3) is 11.7 Å². The van der Waals surface area contributed by atoms with E-state index < -0.39 is 0 Å². The summed E-state index contributed by atoms with van der Waals surface area (Å²) in [6, 6.07) is 4.24. The number of hydrogen-bond donors (Lipinski definition) is 0. The first-order valence-corrected chi connectivity index (χ1v) is 11.6. The Morgan fingerprint density at radius 2 is 2.12 bits per heavy atom. The number of rotatable bonds is 1. The summed E-state index contributed by atoms with van der Waals surface area (Å²) in [4.78, 5) is 11.7. The van der Waals surface area contributed by atoms with E-state index in [0.717, 1.165) is 43.4 Å². The van der Waals surface area contributed by atoms with Crippen molar-refractivity contribution in [3.05, 3.63) is 40.6 Å². The molecule has 2 fully saturated rings. The number of hydrogen-bond acceptors (Lipinski definition) is 6. The third-order valence-electron chi connectivity index (χ3n) is 9.09. The highest BCUT2D eigenvalue weighted by Gasteiger charge is 2.59. The molecule has 2 aromatic rings. The summed E-state index contributed by atoms with van der Waals surface area (Å²) >= 11 is 0. The van der Waals surface area contributed by atoms with Crippen molar-refractivity contribution in [2.45, 2.75) is 59.0 Å². The first-order valence-electron chi connectivity index (χ1n) is 11.6. The van der Waals surface area contributed by atoms with Crippen LogP contribution in [0.2, 0.25) is 0 Å². The Kier molecular flexibility index (Phi) is 4.00. The zero-order valence-electron chi connectivity index (χ0n) is 18.7. The lowest BCUT2D eigenvalue weighted by Crippen LogP contribution is -2.50. The molecule has 4 aliphatic carbocycles. The summed E-state index contributed by atoms with van der Waals surface area (Å²) in [5, 5.41) is 21.7. The highest BCUT2D eigenvalue weighted by atomic mass is 16.5. The molecule has 0 unspecified atom stereocenters. The molecule has 2 heterocycles. The van der Waals surface area contributed by atoms with Crippen LogP contribution in [0.15, 0.2) is 23.8 Å². The minimum Gasteiger partial charge on any atom is -0.462 e. The maximum atomic E-state index is 11.7. The van der Waals surface area contributed by atoms with Gasteiger partial charge in [0.15, 0.2) is 5.65 Å². The lowest BCUT2D eigenvalue weighted by molar-refractivity contribution is -0.155. The van der Waals surface area contributed by atoms with E-state index in [-0.39, 0.29) is 22.9 Å². The van der Waals surface area contributed by atoms with Crippen LogP contribution in [-0.4, -0.2) is 32.1 Å². The first-order chi connectivity index (χ1) is 15.3. The quantitative estimate of drug-likeness (QED) is 0.639.